The van der Waals surface area contributed by atoms with Crippen molar-refractivity contribution in [2.24, 2.45) is 0 Å². The fourth-order valence-electron chi connectivity index (χ4n) is 2.64. The van der Waals surface area contributed by atoms with Gasteiger partial charge in [0.1, 0.15) is 6.04 Å². The van der Waals surface area contributed by atoms with Gasteiger partial charge in [-0.3, -0.25) is 4.79 Å². The predicted octanol–water partition coefficient (Wildman–Crippen LogP) is 3.59. The lowest BCUT2D eigenvalue weighted by Crippen LogP contribution is -2.42. The first-order chi connectivity index (χ1) is 11.7. The van der Waals surface area contributed by atoms with Crippen LogP contribution in [0.3, 0.4) is 0 Å². The number of carbonyl (C=O) groups excluding carboxylic acids is 1. The van der Waals surface area contributed by atoms with Crippen LogP contribution >= 0.6 is 11.6 Å². The van der Waals surface area contributed by atoms with Gasteiger partial charge in [-0.05, 0) is 38.1 Å². The molecule has 0 aliphatic rings. The number of alkyl halides is 2. The van der Waals surface area contributed by atoms with Crippen molar-refractivity contribution in [1.29, 1.82) is 0 Å². The highest BCUT2D eigenvalue weighted by Crippen LogP contribution is 2.23. The second-order valence-electron chi connectivity index (χ2n) is 5.59. The number of aromatic nitrogens is 1. The zero-order valence-electron chi connectivity index (χ0n) is 13.6. The van der Waals surface area contributed by atoms with Crippen LogP contribution in [0.5, 0.6) is 0 Å². The van der Waals surface area contributed by atoms with Crippen LogP contribution in [0.15, 0.2) is 30.3 Å². The number of rotatable bonds is 6. The Labute approximate surface area is 148 Å². The van der Waals surface area contributed by atoms with E-state index in [9.17, 15) is 18.4 Å². The number of halogens is 3. The molecule has 0 saturated heterocycles. The van der Waals surface area contributed by atoms with Crippen molar-refractivity contribution < 1.29 is 23.5 Å². The number of aliphatic carboxylic acids is 1. The summed E-state index contributed by atoms with van der Waals surface area (Å²) >= 11 is 5.99. The zero-order valence-corrected chi connectivity index (χ0v) is 14.3. The van der Waals surface area contributed by atoms with Crippen molar-refractivity contribution >= 4 is 23.5 Å². The molecule has 1 amide bonds. The minimum Gasteiger partial charge on any atom is -0.480 e. The number of aryl methyl sites for hydroxylation is 1. The lowest BCUT2D eigenvalue weighted by Gasteiger charge is -2.14. The highest BCUT2D eigenvalue weighted by atomic mass is 35.5. The van der Waals surface area contributed by atoms with Crippen LogP contribution < -0.4 is 5.32 Å². The van der Waals surface area contributed by atoms with E-state index in [1.807, 2.05) is 6.07 Å². The Kier molecular flexibility index (Phi) is 5.79. The van der Waals surface area contributed by atoms with Gasteiger partial charge in [0, 0.05) is 28.5 Å². The lowest BCUT2D eigenvalue weighted by atomic mass is 10.1. The molecule has 1 aromatic heterocycles. The Hall–Kier alpha value is -2.41. The minimum atomic E-state index is -2.83. The monoisotopic (exact) mass is 370 g/mol. The first kappa shape index (κ1) is 18.9. The number of amides is 1. The quantitative estimate of drug-likeness (QED) is 0.816. The molecule has 1 heterocycles. The Bertz CT molecular complexity index is 805. The number of carbonyl (C=O) groups is 2. The molecule has 0 aliphatic carbocycles. The summed E-state index contributed by atoms with van der Waals surface area (Å²) in [5.41, 5.74) is 2.24. The fourth-order valence-corrected chi connectivity index (χ4v) is 2.83. The van der Waals surface area contributed by atoms with Crippen molar-refractivity contribution in [2.75, 3.05) is 0 Å². The molecule has 8 heteroatoms. The van der Waals surface area contributed by atoms with Gasteiger partial charge in [-0.15, -0.1) is 0 Å². The first-order valence-electron chi connectivity index (χ1n) is 7.47. The average molecular weight is 371 g/mol. The third-order valence-electron chi connectivity index (χ3n) is 3.76. The molecule has 0 spiro atoms. The summed E-state index contributed by atoms with van der Waals surface area (Å²) in [6.45, 7) is 3.46. The van der Waals surface area contributed by atoms with Crippen LogP contribution in [-0.4, -0.2) is 34.0 Å². The molecule has 1 unspecified atom stereocenters. The Morgan fingerprint density at radius 2 is 1.96 bits per heavy atom. The molecule has 0 bridgehead atoms. The van der Waals surface area contributed by atoms with Crippen LogP contribution in [0.25, 0.3) is 5.69 Å². The van der Waals surface area contributed by atoms with Gasteiger partial charge in [-0.25, -0.2) is 13.6 Å². The van der Waals surface area contributed by atoms with E-state index in [0.717, 1.165) is 11.4 Å². The van der Waals surface area contributed by atoms with Gasteiger partial charge in [0.25, 0.3) is 5.91 Å². The molecule has 2 rings (SSSR count). The van der Waals surface area contributed by atoms with Crippen LogP contribution in [0.1, 0.15) is 28.2 Å². The molecule has 2 N–H and O–H groups in total. The molecule has 5 nitrogen and oxygen atoms in total. The SMILES string of the molecule is Cc1cc(C(=O)NC(CC(F)F)C(=O)O)c(C)n1-c1cccc(Cl)c1. The van der Waals surface area contributed by atoms with Gasteiger partial charge < -0.3 is 15.0 Å². The first-order valence-corrected chi connectivity index (χ1v) is 7.85. The topological polar surface area (TPSA) is 71.3 Å². The summed E-state index contributed by atoms with van der Waals surface area (Å²) in [6, 6.07) is 6.94. The minimum absolute atomic E-state index is 0.220. The summed E-state index contributed by atoms with van der Waals surface area (Å²) in [7, 11) is 0. The summed E-state index contributed by atoms with van der Waals surface area (Å²) < 4.78 is 26.7. The van der Waals surface area contributed by atoms with E-state index in [0.29, 0.717) is 10.7 Å². The van der Waals surface area contributed by atoms with E-state index in [1.54, 1.807) is 42.7 Å². The van der Waals surface area contributed by atoms with E-state index in [-0.39, 0.29) is 5.56 Å². The lowest BCUT2D eigenvalue weighted by molar-refractivity contribution is -0.140. The Balaban J connectivity index is 2.33. The number of hydrogen-bond donors (Lipinski definition) is 2. The van der Waals surface area contributed by atoms with E-state index in [2.05, 4.69) is 5.32 Å². The normalized spacial score (nSPS) is 12.2. The van der Waals surface area contributed by atoms with Crippen molar-refractivity contribution in [3.63, 3.8) is 0 Å². The van der Waals surface area contributed by atoms with Gasteiger partial charge in [-0.2, -0.15) is 0 Å². The number of nitrogens with one attached hydrogen (secondary N) is 1. The maximum atomic E-state index is 12.5. The van der Waals surface area contributed by atoms with Crippen molar-refractivity contribution in [3.05, 3.63) is 52.3 Å². The highest BCUT2D eigenvalue weighted by Gasteiger charge is 2.26. The van der Waals surface area contributed by atoms with Gasteiger partial charge >= 0.3 is 5.97 Å². The zero-order chi connectivity index (χ0) is 18.7. The Morgan fingerprint density at radius 1 is 1.28 bits per heavy atom. The molecule has 2 aromatic rings. The molecule has 0 fully saturated rings. The number of hydrogen-bond acceptors (Lipinski definition) is 2. The average Bonchev–Trinajstić information content (AvgIpc) is 2.81. The van der Waals surface area contributed by atoms with Gasteiger partial charge in [0.2, 0.25) is 6.43 Å². The fraction of sp³-hybridized carbons (Fsp3) is 0.294. The molecular weight excluding hydrogens is 354 g/mol. The molecule has 1 atom stereocenters. The van der Waals surface area contributed by atoms with Gasteiger partial charge in [0.15, 0.2) is 0 Å². The Morgan fingerprint density at radius 3 is 2.52 bits per heavy atom. The standard InChI is InChI=1S/C17H17ClF2N2O3/c1-9-6-13(16(23)21-14(17(24)25)8-15(19)20)10(2)22(9)12-5-3-4-11(18)7-12/h3-7,14-15H,8H2,1-2H3,(H,21,23)(H,24,25). The maximum absolute atomic E-state index is 12.5. The molecule has 0 saturated carbocycles. The molecule has 134 valence electrons. The van der Waals surface area contributed by atoms with Crippen molar-refractivity contribution in [2.45, 2.75) is 32.7 Å². The number of benzene rings is 1. The highest BCUT2D eigenvalue weighted by molar-refractivity contribution is 6.30. The molecule has 0 aliphatic heterocycles. The second kappa shape index (κ2) is 7.65. The van der Waals surface area contributed by atoms with Crippen LogP contribution in [-0.2, 0) is 4.79 Å². The predicted molar refractivity (Wildman–Crippen MR) is 89.8 cm³/mol. The number of carboxylic acids is 1. The molecule has 0 radical (unpaired) electrons. The van der Waals surface area contributed by atoms with E-state index in [4.69, 9.17) is 16.7 Å². The van der Waals surface area contributed by atoms with Gasteiger partial charge in [0.05, 0.1) is 5.56 Å². The summed E-state index contributed by atoms with van der Waals surface area (Å²) in [6.07, 6.45) is -3.78. The number of carboxylic acid groups (broad SMARTS) is 1. The molecule has 25 heavy (non-hydrogen) atoms. The molecule has 1 aromatic carbocycles. The van der Waals surface area contributed by atoms with Crippen LogP contribution in [0.2, 0.25) is 5.02 Å². The summed E-state index contributed by atoms with van der Waals surface area (Å²) in [5.74, 6) is -2.22. The third kappa shape index (κ3) is 4.36. The van der Waals surface area contributed by atoms with E-state index >= 15 is 0 Å². The number of nitrogens with zero attached hydrogens (tertiary/aromatic N) is 1. The maximum Gasteiger partial charge on any atom is 0.326 e. The van der Waals surface area contributed by atoms with Crippen molar-refractivity contribution in [3.8, 4) is 5.69 Å². The van der Waals surface area contributed by atoms with Gasteiger partial charge in [-0.1, -0.05) is 17.7 Å². The van der Waals surface area contributed by atoms with Crippen LogP contribution in [0, 0.1) is 13.8 Å². The molecular formula is C17H17ClF2N2O3. The largest absolute Gasteiger partial charge is 0.480 e. The van der Waals surface area contributed by atoms with Crippen molar-refractivity contribution in [1.82, 2.24) is 9.88 Å². The smallest absolute Gasteiger partial charge is 0.326 e. The third-order valence-corrected chi connectivity index (χ3v) is 3.99. The van der Waals surface area contributed by atoms with Crippen LogP contribution in [0.4, 0.5) is 8.78 Å². The summed E-state index contributed by atoms with van der Waals surface area (Å²) in [5, 5.41) is 11.7. The summed E-state index contributed by atoms with van der Waals surface area (Å²) in [4.78, 5) is 23.4. The second-order valence-corrected chi connectivity index (χ2v) is 6.03. The van der Waals surface area contributed by atoms with E-state index < -0.39 is 30.8 Å². The van der Waals surface area contributed by atoms with E-state index in [1.165, 1.54) is 0 Å².